The summed E-state index contributed by atoms with van der Waals surface area (Å²) in [4.78, 5) is 18.5. The molecule has 0 aliphatic rings. The van der Waals surface area contributed by atoms with Crippen molar-refractivity contribution in [3.05, 3.63) is 93.5 Å². The van der Waals surface area contributed by atoms with Gasteiger partial charge < -0.3 is 5.32 Å². The van der Waals surface area contributed by atoms with Gasteiger partial charge in [0.2, 0.25) is 5.91 Å². The fraction of sp³-hybridized carbons (Fsp3) is 0.120. The Bertz CT molecular complexity index is 1150. The number of benzene rings is 3. The summed E-state index contributed by atoms with van der Waals surface area (Å²) >= 11 is 13.9. The molecule has 3 nitrogen and oxygen atoms in total. The van der Waals surface area contributed by atoms with Gasteiger partial charge in [0, 0.05) is 15.6 Å². The van der Waals surface area contributed by atoms with Gasteiger partial charge in [0.15, 0.2) is 5.13 Å². The van der Waals surface area contributed by atoms with Crippen LogP contribution >= 0.6 is 34.5 Å². The Kier molecular flexibility index (Phi) is 6.42. The molecule has 0 atom stereocenters. The van der Waals surface area contributed by atoms with E-state index in [-0.39, 0.29) is 12.3 Å². The van der Waals surface area contributed by atoms with Gasteiger partial charge in [-0.2, -0.15) is 0 Å². The van der Waals surface area contributed by atoms with E-state index in [1.54, 1.807) is 18.2 Å². The predicted molar refractivity (Wildman–Crippen MR) is 131 cm³/mol. The van der Waals surface area contributed by atoms with Gasteiger partial charge in [-0.25, -0.2) is 4.98 Å². The molecule has 4 rings (SSSR count). The molecule has 0 aliphatic carbocycles. The van der Waals surface area contributed by atoms with Crippen molar-refractivity contribution in [2.24, 2.45) is 0 Å². The summed E-state index contributed by atoms with van der Waals surface area (Å²) in [6.07, 6.45) is 0.0812. The molecule has 0 aliphatic heterocycles. The second-order valence-electron chi connectivity index (χ2n) is 7.35. The number of amides is 1. The van der Waals surface area contributed by atoms with Gasteiger partial charge in [-0.1, -0.05) is 100 Å². The van der Waals surface area contributed by atoms with Gasteiger partial charge in [0.05, 0.1) is 17.0 Å². The number of thiazole rings is 1. The highest BCUT2D eigenvalue weighted by Gasteiger charge is 2.18. The summed E-state index contributed by atoms with van der Waals surface area (Å²) in [5.41, 5.74) is 5.90. The summed E-state index contributed by atoms with van der Waals surface area (Å²) < 4.78 is 0. The van der Waals surface area contributed by atoms with Gasteiger partial charge in [0.25, 0.3) is 0 Å². The van der Waals surface area contributed by atoms with E-state index >= 15 is 0 Å². The molecule has 31 heavy (non-hydrogen) atoms. The first kappa shape index (κ1) is 21.6. The SMILES string of the molecule is Cc1ccc(-c2nc(NC(=O)Cc3c(Cl)cccc3Cl)sc2-c2ccc(C)cc2)cc1. The highest BCUT2D eigenvalue weighted by Crippen LogP contribution is 2.39. The zero-order chi connectivity index (χ0) is 22.0. The van der Waals surface area contributed by atoms with Crippen LogP contribution in [0.1, 0.15) is 16.7 Å². The lowest BCUT2D eigenvalue weighted by Gasteiger charge is -2.06. The second-order valence-corrected chi connectivity index (χ2v) is 9.17. The van der Waals surface area contributed by atoms with E-state index in [4.69, 9.17) is 28.2 Å². The van der Waals surface area contributed by atoms with E-state index in [2.05, 4.69) is 67.7 Å². The number of aryl methyl sites for hydroxylation is 2. The minimum absolute atomic E-state index is 0.0812. The molecule has 3 aromatic carbocycles. The van der Waals surface area contributed by atoms with Crippen LogP contribution in [0.15, 0.2) is 66.7 Å². The van der Waals surface area contributed by atoms with Gasteiger partial charge in [0.1, 0.15) is 0 Å². The standard InChI is InChI=1S/C25H20Cl2N2OS/c1-15-6-10-17(11-7-15)23-24(18-12-8-16(2)9-13-18)31-25(29-23)28-22(30)14-19-20(26)4-3-5-21(19)27/h3-13H,14H2,1-2H3,(H,28,29,30). The first-order valence-corrected chi connectivity index (χ1v) is 11.4. The zero-order valence-corrected chi connectivity index (χ0v) is 19.4. The van der Waals surface area contributed by atoms with E-state index in [9.17, 15) is 4.79 Å². The maximum absolute atomic E-state index is 12.7. The van der Waals surface area contributed by atoms with Crippen LogP contribution in [0, 0.1) is 13.8 Å². The van der Waals surface area contributed by atoms with Crippen LogP contribution in [-0.4, -0.2) is 10.9 Å². The van der Waals surface area contributed by atoms with E-state index in [0.717, 1.165) is 21.7 Å². The van der Waals surface area contributed by atoms with Crippen molar-refractivity contribution in [3.63, 3.8) is 0 Å². The highest BCUT2D eigenvalue weighted by molar-refractivity contribution is 7.19. The molecule has 0 fully saturated rings. The Morgan fingerprint density at radius 2 is 1.42 bits per heavy atom. The molecule has 0 unspecified atom stereocenters. The molecule has 6 heteroatoms. The van der Waals surface area contributed by atoms with Gasteiger partial charge >= 0.3 is 0 Å². The Labute approximate surface area is 195 Å². The van der Waals surface area contributed by atoms with Crippen LogP contribution in [0.2, 0.25) is 10.0 Å². The number of aromatic nitrogens is 1. The normalized spacial score (nSPS) is 10.8. The lowest BCUT2D eigenvalue weighted by Crippen LogP contribution is -2.14. The van der Waals surface area contributed by atoms with Crippen molar-refractivity contribution in [2.45, 2.75) is 20.3 Å². The van der Waals surface area contributed by atoms with Crippen molar-refractivity contribution in [2.75, 3.05) is 5.32 Å². The Hall–Kier alpha value is -2.66. The smallest absolute Gasteiger partial charge is 0.230 e. The molecule has 0 saturated carbocycles. The van der Waals surface area contributed by atoms with Crippen LogP contribution in [0.25, 0.3) is 21.7 Å². The first-order chi connectivity index (χ1) is 14.9. The van der Waals surface area contributed by atoms with Crippen LogP contribution < -0.4 is 5.32 Å². The minimum Gasteiger partial charge on any atom is -0.302 e. The molecular formula is C25H20Cl2N2OS. The second kappa shape index (κ2) is 9.23. The topological polar surface area (TPSA) is 42.0 Å². The molecule has 1 N–H and O–H groups in total. The lowest BCUT2D eigenvalue weighted by molar-refractivity contribution is -0.115. The molecule has 0 bridgehead atoms. The number of hydrogen-bond donors (Lipinski definition) is 1. The fourth-order valence-electron chi connectivity index (χ4n) is 3.21. The fourth-order valence-corrected chi connectivity index (χ4v) is 4.75. The predicted octanol–water partition coefficient (Wildman–Crippen LogP) is 7.58. The molecule has 4 aromatic rings. The molecule has 156 valence electrons. The Morgan fingerprint density at radius 1 is 0.871 bits per heavy atom. The van der Waals surface area contributed by atoms with Crippen molar-refractivity contribution < 1.29 is 4.79 Å². The number of nitrogens with zero attached hydrogens (tertiary/aromatic N) is 1. The average Bonchev–Trinajstić information content (AvgIpc) is 3.15. The van der Waals surface area contributed by atoms with Crippen LogP contribution in [-0.2, 0) is 11.2 Å². The first-order valence-electron chi connectivity index (χ1n) is 9.78. The van der Waals surface area contributed by atoms with Crippen molar-refractivity contribution in [3.8, 4) is 21.7 Å². The van der Waals surface area contributed by atoms with Crippen LogP contribution in [0.4, 0.5) is 5.13 Å². The van der Waals surface area contributed by atoms with Crippen molar-refractivity contribution >= 4 is 45.6 Å². The third kappa shape index (κ3) is 4.99. The van der Waals surface area contributed by atoms with Crippen LogP contribution in [0.3, 0.4) is 0 Å². The Balaban J connectivity index is 1.67. The van der Waals surface area contributed by atoms with Gasteiger partial charge in [-0.05, 0) is 37.1 Å². The largest absolute Gasteiger partial charge is 0.302 e. The molecule has 0 spiro atoms. The summed E-state index contributed by atoms with van der Waals surface area (Å²) in [5.74, 6) is -0.213. The van der Waals surface area contributed by atoms with Gasteiger partial charge in [-0.3, -0.25) is 4.79 Å². The number of hydrogen-bond acceptors (Lipinski definition) is 3. The monoisotopic (exact) mass is 466 g/mol. The van der Waals surface area contributed by atoms with Crippen molar-refractivity contribution in [1.29, 1.82) is 0 Å². The zero-order valence-electron chi connectivity index (χ0n) is 17.1. The average molecular weight is 467 g/mol. The van der Waals surface area contributed by atoms with E-state index in [1.165, 1.54) is 22.5 Å². The number of rotatable bonds is 5. The summed E-state index contributed by atoms with van der Waals surface area (Å²) in [5, 5.41) is 4.41. The van der Waals surface area contributed by atoms with E-state index in [0.29, 0.717) is 20.7 Å². The molecule has 0 saturated heterocycles. The third-order valence-corrected chi connectivity index (χ3v) is 6.64. The number of nitrogens with one attached hydrogen (secondary N) is 1. The quantitative estimate of drug-likeness (QED) is 0.329. The number of carbonyl (C=O) groups is 1. The molecule has 1 amide bonds. The van der Waals surface area contributed by atoms with E-state index < -0.39 is 0 Å². The molecule has 1 heterocycles. The maximum atomic E-state index is 12.7. The number of carbonyl (C=O) groups excluding carboxylic acids is 1. The maximum Gasteiger partial charge on any atom is 0.230 e. The Morgan fingerprint density at radius 3 is 2.00 bits per heavy atom. The third-order valence-electron chi connectivity index (χ3n) is 4.91. The van der Waals surface area contributed by atoms with Crippen molar-refractivity contribution in [1.82, 2.24) is 4.98 Å². The minimum atomic E-state index is -0.213. The summed E-state index contributed by atoms with van der Waals surface area (Å²) in [6, 6.07) is 21.7. The summed E-state index contributed by atoms with van der Waals surface area (Å²) in [6.45, 7) is 4.11. The highest BCUT2D eigenvalue weighted by atomic mass is 35.5. The molecule has 0 radical (unpaired) electrons. The number of anilines is 1. The molecular weight excluding hydrogens is 447 g/mol. The lowest BCUT2D eigenvalue weighted by atomic mass is 10.0. The van der Waals surface area contributed by atoms with E-state index in [1.807, 2.05) is 0 Å². The molecule has 1 aromatic heterocycles. The summed E-state index contributed by atoms with van der Waals surface area (Å²) in [7, 11) is 0. The number of halogens is 2. The van der Waals surface area contributed by atoms with Gasteiger partial charge in [-0.15, -0.1) is 0 Å². The van der Waals surface area contributed by atoms with Crippen LogP contribution in [0.5, 0.6) is 0 Å².